The van der Waals surface area contributed by atoms with Gasteiger partial charge in [-0.3, -0.25) is 0 Å². The van der Waals surface area contributed by atoms with Crippen molar-refractivity contribution in [2.24, 2.45) is 0 Å². The summed E-state index contributed by atoms with van der Waals surface area (Å²) in [5.41, 5.74) is 2.15. The maximum atomic E-state index is 5.60. The Hall–Kier alpha value is -1.96. The van der Waals surface area contributed by atoms with Gasteiger partial charge in [-0.2, -0.15) is 0 Å². The van der Waals surface area contributed by atoms with Crippen molar-refractivity contribution < 1.29 is 8.83 Å². The molecule has 0 bridgehead atoms. The van der Waals surface area contributed by atoms with Crippen molar-refractivity contribution in [2.45, 2.75) is 12.3 Å². The monoisotopic (exact) mass is 213 g/mol. The minimum absolute atomic E-state index is 0.196. The Morgan fingerprint density at radius 1 is 1.19 bits per heavy atom. The quantitative estimate of drug-likeness (QED) is 0.749. The maximum Gasteiger partial charge on any atom is 0.0974 e. The zero-order valence-electron chi connectivity index (χ0n) is 8.87. The molecule has 16 heavy (non-hydrogen) atoms. The van der Waals surface area contributed by atoms with Crippen LogP contribution in [0.3, 0.4) is 0 Å². The van der Waals surface area contributed by atoms with Crippen LogP contribution in [0.4, 0.5) is 0 Å². The molecule has 81 valence electrons. The molecule has 1 unspecified atom stereocenters. The summed E-state index contributed by atoms with van der Waals surface area (Å²) in [5.74, 6) is 0.196. The van der Waals surface area contributed by atoms with E-state index in [0.717, 1.165) is 17.5 Å². The zero-order chi connectivity index (χ0) is 11.2. The van der Waals surface area contributed by atoms with Crippen LogP contribution >= 0.6 is 0 Å². The largest absolute Gasteiger partial charge is 0.472 e. The van der Waals surface area contributed by atoms with Crippen molar-refractivity contribution in [3.05, 3.63) is 67.0 Å². The summed E-state index contributed by atoms with van der Waals surface area (Å²) < 4.78 is 10.0. The summed E-state index contributed by atoms with van der Waals surface area (Å²) in [7, 11) is 0. The molecule has 0 fully saturated rings. The zero-order valence-corrected chi connectivity index (χ0v) is 8.87. The molecule has 0 aliphatic carbocycles. The molecule has 0 N–H and O–H groups in total. The van der Waals surface area contributed by atoms with Crippen LogP contribution in [0.25, 0.3) is 6.08 Å². The van der Waals surface area contributed by atoms with Gasteiger partial charge in [0.15, 0.2) is 0 Å². The number of hydrogen-bond acceptors (Lipinski definition) is 2. The van der Waals surface area contributed by atoms with Crippen molar-refractivity contribution in [3.8, 4) is 0 Å². The molecule has 0 aliphatic heterocycles. The topological polar surface area (TPSA) is 26.3 Å². The highest BCUT2D eigenvalue weighted by atomic mass is 16.3. The van der Waals surface area contributed by atoms with Gasteiger partial charge in [0.2, 0.25) is 0 Å². The third-order valence-electron chi connectivity index (χ3n) is 2.45. The van der Waals surface area contributed by atoms with E-state index in [-0.39, 0.29) is 5.92 Å². The average molecular weight is 213 g/mol. The molecule has 1 atom stereocenters. The van der Waals surface area contributed by atoms with Gasteiger partial charge < -0.3 is 8.83 Å². The minimum atomic E-state index is 0.196. The molecule has 0 amide bonds. The predicted octanol–water partition coefficient (Wildman–Crippen LogP) is 4.05. The fourth-order valence-corrected chi connectivity index (χ4v) is 1.53. The summed E-state index contributed by atoms with van der Waals surface area (Å²) >= 11 is 0. The Bertz CT molecular complexity index is 435. The molecule has 0 saturated carbocycles. The van der Waals surface area contributed by atoms with Gasteiger partial charge in [-0.05, 0) is 24.1 Å². The lowest BCUT2D eigenvalue weighted by Gasteiger charge is -2.05. The lowest BCUT2D eigenvalue weighted by molar-refractivity contribution is 0.562. The van der Waals surface area contributed by atoms with Gasteiger partial charge in [-0.1, -0.05) is 24.8 Å². The van der Waals surface area contributed by atoms with Gasteiger partial charge in [0.1, 0.15) is 0 Å². The van der Waals surface area contributed by atoms with Gasteiger partial charge in [-0.25, -0.2) is 0 Å². The molecule has 0 aliphatic rings. The molecule has 2 heteroatoms. The highest BCUT2D eigenvalue weighted by molar-refractivity contribution is 5.47. The van der Waals surface area contributed by atoms with E-state index in [1.165, 1.54) is 0 Å². The van der Waals surface area contributed by atoms with Crippen LogP contribution in [-0.2, 0) is 0 Å². The first-order valence-corrected chi connectivity index (χ1v) is 5.16. The van der Waals surface area contributed by atoms with Crippen molar-refractivity contribution in [1.82, 2.24) is 0 Å². The summed E-state index contributed by atoms with van der Waals surface area (Å²) in [5, 5.41) is 0. The Morgan fingerprint density at radius 2 is 2.00 bits per heavy atom. The molecule has 0 saturated heterocycles. The fraction of sp³-hybridized carbons (Fsp3) is 0.143. The van der Waals surface area contributed by atoms with Crippen molar-refractivity contribution in [2.75, 3.05) is 0 Å². The van der Waals surface area contributed by atoms with E-state index in [9.17, 15) is 0 Å². The summed E-state index contributed by atoms with van der Waals surface area (Å²) in [4.78, 5) is 0. The van der Waals surface area contributed by atoms with Gasteiger partial charge >= 0.3 is 0 Å². The van der Waals surface area contributed by atoms with E-state index in [1.54, 1.807) is 31.1 Å². The lowest BCUT2D eigenvalue weighted by Crippen LogP contribution is -1.89. The molecule has 0 spiro atoms. The number of hydrogen-bond donors (Lipinski definition) is 0. The normalized spacial score (nSPS) is 13.0. The predicted molar refractivity (Wildman–Crippen MR) is 62.7 cm³/mol. The Balaban J connectivity index is 1.96. The molecular weight excluding hydrogens is 200 g/mol. The number of rotatable bonds is 5. The first-order valence-electron chi connectivity index (χ1n) is 5.16. The lowest BCUT2D eigenvalue weighted by atomic mass is 9.98. The minimum Gasteiger partial charge on any atom is -0.472 e. The average Bonchev–Trinajstić information content (AvgIpc) is 2.96. The summed E-state index contributed by atoms with van der Waals surface area (Å²) in [6, 6.07) is 3.84. The molecule has 2 aromatic heterocycles. The summed E-state index contributed by atoms with van der Waals surface area (Å²) in [6.45, 7) is 5.60. The van der Waals surface area contributed by atoms with Gasteiger partial charge in [0, 0.05) is 11.5 Å². The third-order valence-corrected chi connectivity index (χ3v) is 2.45. The molecular formula is C14H13O2. The Kier molecular flexibility index (Phi) is 3.44. The number of allylic oxidation sites excluding steroid dienone is 2. The van der Waals surface area contributed by atoms with Gasteiger partial charge in [-0.15, -0.1) is 0 Å². The van der Waals surface area contributed by atoms with Crippen LogP contribution < -0.4 is 0 Å². The van der Waals surface area contributed by atoms with Crippen LogP contribution in [0.1, 0.15) is 23.5 Å². The Morgan fingerprint density at radius 3 is 2.62 bits per heavy atom. The molecule has 2 aromatic rings. The molecule has 2 rings (SSSR count). The van der Waals surface area contributed by atoms with E-state index in [4.69, 9.17) is 15.4 Å². The molecule has 2 nitrogen and oxygen atoms in total. The maximum absolute atomic E-state index is 5.60. The van der Waals surface area contributed by atoms with Crippen LogP contribution in [0.2, 0.25) is 0 Å². The second-order valence-corrected chi connectivity index (χ2v) is 3.55. The van der Waals surface area contributed by atoms with Crippen LogP contribution in [-0.4, -0.2) is 0 Å². The van der Waals surface area contributed by atoms with Crippen molar-refractivity contribution >= 4 is 6.08 Å². The van der Waals surface area contributed by atoms with Crippen molar-refractivity contribution in [3.63, 3.8) is 0 Å². The second kappa shape index (κ2) is 5.21. The first-order chi connectivity index (χ1) is 7.90. The van der Waals surface area contributed by atoms with Gasteiger partial charge in [0.05, 0.1) is 25.1 Å². The van der Waals surface area contributed by atoms with E-state index in [1.807, 2.05) is 18.2 Å². The van der Waals surface area contributed by atoms with Crippen LogP contribution in [0.5, 0.6) is 0 Å². The SMILES string of the molecule is [CH]=CC(CC=Cc1ccoc1)c1ccoc1. The highest BCUT2D eigenvalue weighted by Gasteiger charge is 2.06. The second-order valence-electron chi connectivity index (χ2n) is 3.55. The van der Waals surface area contributed by atoms with Crippen LogP contribution in [0, 0.1) is 6.58 Å². The molecule has 1 radical (unpaired) electrons. The smallest absolute Gasteiger partial charge is 0.0974 e. The fourth-order valence-electron chi connectivity index (χ4n) is 1.53. The van der Waals surface area contributed by atoms with Crippen molar-refractivity contribution in [1.29, 1.82) is 0 Å². The molecule has 0 aromatic carbocycles. The third kappa shape index (κ3) is 2.54. The van der Waals surface area contributed by atoms with Crippen LogP contribution in [0.15, 0.2) is 58.2 Å². The Labute approximate surface area is 94.9 Å². The van der Waals surface area contributed by atoms with E-state index < -0.39 is 0 Å². The van der Waals surface area contributed by atoms with E-state index >= 15 is 0 Å². The number of furan rings is 2. The molecule has 2 heterocycles. The van der Waals surface area contributed by atoms with E-state index in [2.05, 4.69) is 6.08 Å². The summed E-state index contributed by atoms with van der Waals surface area (Å²) in [6.07, 6.45) is 13.4. The highest BCUT2D eigenvalue weighted by Crippen LogP contribution is 2.22. The van der Waals surface area contributed by atoms with E-state index in [0.29, 0.717) is 0 Å². The first kappa shape index (κ1) is 10.6. The standard InChI is InChI=1S/C14H13O2/c1-2-13(14-7-9-16-11-14)5-3-4-12-6-8-15-10-12/h1-4,6-11,13H,5H2. The van der Waals surface area contributed by atoms with Gasteiger partial charge in [0.25, 0.3) is 0 Å².